The van der Waals surface area contributed by atoms with Crippen molar-refractivity contribution in [2.75, 3.05) is 4.72 Å². The Labute approximate surface area is 138 Å². The summed E-state index contributed by atoms with van der Waals surface area (Å²) in [6.07, 6.45) is 0. The fraction of sp³-hybridized carbons (Fsp3) is 0. The highest BCUT2D eigenvalue weighted by atomic mass is 127. The highest BCUT2D eigenvalue weighted by Crippen LogP contribution is 2.26. The zero-order chi connectivity index (χ0) is 14.0. The third-order valence-corrected chi connectivity index (χ3v) is 5.61. The summed E-state index contributed by atoms with van der Waals surface area (Å²) in [5, 5.41) is 0.466. The van der Waals surface area contributed by atoms with Crippen LogP contribution in [0.5, 0.6) is 0 Å². The fourth-order valence-corrected chi connectivity index (χ4v) is 3.47. The number of sulfonamides is 1. The first-order valence-corrected chi connectivity index (χ1v) is 8.85. The second kappa shape index (κ2) is 5.99. The first kappa shape index (κ1) is 15.1. The Hall–Kier alpha value is -0.310. The van der Waals surface area contributed by atoms with Crippen LogP contribution in [-0.4, -0.2) is 8.42 Å². The average molecular weight is 473 g/mol. The molecular weight excluding hydrogens is 464 g/mol. The van der Waals surface area contributed by atoms with Crippen molar-refractivity contribution in [2.24, 2.45) is 0 Å². The molecule has 0 fully saturated rings. The lowest BCUT2D eigenvalue weighted by Gasteiger charge is -2.09. The summed E-state index contributed by atoms with van der Waals surface area (Å²) >= 11 is 11.2. The van der Waals surface area contributed by atoms with Crippen LogP contribution in [0.3, 0.4) is 0 Å². The van der Waals surface area contributed by atoms with Crippen LogP contribution in [0.4, 0.5) is 5.69 Å². The highest BCUT2D eigenvalue weighted by molar-refractivity contribution is 14.1. The molecule has 2 rings (SSSR count). The van der Waals surface area contributed by atoms with Crippen LogP contribution in [0.15, 0.2) is 51.8 Å². The number of nitrogens with one attached hydrogen (secondary N) is 1. The molecule has 7 heteroatoms. The molecule has 0 radical (unpaired) electrons. The van der Waals surface area contributed by atoms with Gasteiger partial charge in [0, 0.05) is 13.7 Å². The maximum atomic E-state index is 12.2. The zero-order valence-electron chi connectivity index (χ0n) is 9.40. The largest absolute Gasteiger partial charge is 0.280 e. The van der Waals surface area contributed by atoms with Crippen LogP contribution in [0.1, 0.15) is 0 Å². The van der Waals surface area contributed by atoms with Gasteiger partial charge in [-0.05, 0) is 81.0 Å². The van der Waals surface area contributed by atoms with Crippen molar-refractivity contribution in [3.05, 3.63) is 55.5 Å². The second-order valence-electron chi connectivity index (χ2n) is 3.69. The van der Waals surface area contributed by atoms with Gasteiger partial charge in [-0.3, -0.25) is 4.72 Å². The third kappa shape index (κ3) is 3.84. The Morgan fingerprint density at radius 1 is 1.11 bits per heavy atom. The molecule has 0 heterocycles. The summed E-state index contributed by atoms with van der Waals surface area (Å²) in [4.78, 5) is 0.155. The minimum atomic E-state index is -3.61. The van der Waals surface area contributed by atoms with E-state index >= 15 is 0 Å². The molecule has 100 valence electrons. The van der Waals surface area contributed by atoms with Crippen LogP contribution >= 0.6 is 50.1 Å². The summed E-state index contributed by atoms with van der Waals surface area (Å²) in [6, 6.07) is 11.6. The molecule has 0 bridgehead atoms. The van der Waals surface area contributed by atoms with E-state index in [1.54, 1.807) is 12.1 Å². The number of hydrogen-bond donors (Lipinski definition) is 1. The van der Waals surface area contributed by atoms with Gasteiger partial charge in [-0.15, -0.1) is 0 Å². The van der Waals surface area contributed by atoms with E-state index in [0.29, 0.717) is 15.2 Å². The average Bonchev–Trinajstić information content (AvgIpc) is 2.35. The molecule has 3 nitrogen and oxygen atoms in total. The van der Waals surface area contributed by atoms with Crippen molar-refractivity contribution >= 4 is 65.8 Å². The van der Waals surface area contributed by atoms with Gasteiger partial charge in [-0.25, -0.2) is 8.42 Å². The zero-order valence-corrected chi connectivity index (χ0v) is 14.7. The monoisotopic (exact) mass is 471 g/mol. The molecule has 0 saturated heterocycles. The molecule has 19 heavy (non-hydrogen) atoms. The number of benzene rings is 2. The smallest absolute Gasteiger partial charge is 0.261 e. The maximum Gasteiger partial charge on any atom is 0.261 e. The first-order chi connectivity index (χ1) is 8.88. The molecule has 2 aromatic carbocycles. The van der Waals surface area contributed by atoms with Gasteiger partial charge in [0.15, 0.2) is 0 Å². The van der Waals surface area contributed by atoms with Crippen LogP contribution in [0.25, 0.3) is 0 Å². The normalized spacial score (nSPS) is 11.3. The lowest BCUT2D eigenvalue weighted by molar-refractivity contribution is 0.601. The summed E-state index contributed by atoms with van der Waals surface area (Å²) in [6.45, 7) is 0. The topological polar surface area (TPSA) is 46.2 Å². The van der Waals surface area contributed by atoms with Gasteiger partial charge >= 0.3 is 0 Å². The molecule has 0 unspecified atom stereocenters. The van der Waals surface area contributed by atoms with Crippen molar-refractivity contribution in [1.29, 1.82) is 0 Å². The van der Waals surface area contributed by atoms with Gasteiger partial charge in [0.25, 0.3) is 10.0 Å². The standard InChI is InChI=1S/C12H8BrClINO2S/c13-11-7-10(5-6-12(11)14)19(17,18)16-9-3-1-8(15)2-4-9/h1-7,16H. The maximum absolute atomic E-state index is 12.2. The quantitative estimate of drug-likeness (QED) is 0.669. The van der Waals surface area contributed by atoms with Crippen molar-refractivity contribution in [2.45, 2.75) is 4.90 Å². The van der Waals surface area contributed by atoms with Gasteiger partial charge < -0.3 is 0 Å². The van der Waals surface area contributed by atoms with Crippen LogP contribution in [0.2, 0.25) is 5.02 Å². The Morgan fingerprint density at radius 2 is 1.74 bits per heavy atom. The number of rotatable bonds is 3. The fourth-order valence-electron chi connectivity index (χ4n) is 1.38. The van der Waals surface area contributed by atoms with E-state index in [0.717, 1.165) is 3.57 Å². The van der Waals surface area contributed by atoms with Gasteiger partial charge in [0.05, 0.1) is 9.92 Å². The van der Waals surface area contributed by atoms with E-state index < -0.39 is 10.0 Å². The Bertz CT molecular complexity index is 704. The lowest BCUT2D eigenvalue weighted by atomic mass is 10.3. The molecule has 0 saturated carbocycles. The van der Waals surface area contributed by atoms with Crippen LogP contribution < -0.4 is 4.72 Å². The molecule has 0 atom stereocenters. The van der Waals surface area contributed by atoms with Gasteiger partial charge in [0.1, 0.15) is 0 Å². The van der Waals surface area contributed by atoms with Gasteiger partial charge in [-0.1, -0.05) is 11.6 Å². The summed E-state index contributed by atoms with van der Waals surface area (Å²) in [5.74, 6) is 0. The van der Waals surface area contributed by atoms with Crippen LogP contribution in [0, 0.1) is 3.57 Å². The van der Waals surface area contributed by atoms with E-state index in [9.17, 15) is 8.42 Å². The van der Waals surface area contributed by atoms with Crippen molar-refractivity contribution in [3.63, 3.8) is 0 Å². The Balaban J connectivity index is 2.32. The van der Waals surface area contributed by atoms with Crippen molar-refractivity contribution in [3.8, 4) is 0 Å². The third-order valence-electron chi connectivity index (χ3n) is 2.30. The first-order valence-electron chi connectivity index (χ1n) is 5.12. The van der Waals surface area contributed by atoms with Crippen molar-refractivity contribution in [1.82, 2.24) is 0 Å². The summed E-state index contributed by atoms with van der Waals surface area (Å²) < 4.78 is 28.4. The predicted octanol–water partition coefficient (Wildman–Crippen LogP) is 4.51. The van der Waals surface area contributed by atoms with Gasteiger partial charge in [-0.2, -0.15) is 0 Å². The Morgan fingerprint density at radius 3 is 2.32 bits per heavy atom. The van der Waals surface area contributed by atoms with Crippen LogP contribution in [-0.2, 0) is 10.0 Å². The molecule has 0 aliphatic heterocycles. The highest BCUT2D eigenvalue weighted by Gasteiger charge is 2.15. The molecule has 2 aromatic rings. The predicted molar refractivity (Wildman–Crippen MR) is 89.1 cm³/mol. The molecule has 0 spiro atoms. The number of hydrogen-bond acceptors (Lipinski definition) is 2. The number of halogens is 3. The molecule has 0 amide bonds. The molecule has 0 aromatic heterocycles. The summed E-state index contributed by atoms with van der Waals surface area (Å²) in [7, 11) is -3.61. The van der Waals surface area contributed by atoms with Gasteiger partial charge in [0.2, 0.25) is 0 Å². The lowest BCUT2D eigenvalue weighted by Crippen LogP contribution is -2.12. The Kier molecular flexibility index (Phi) is 4.75. The minimum Gasteiger partial charge on any atom is -0.280 e. The minimum absolute atomic E-state index is 0.155. The SMILES string of the molecule is O=S(=O)(Nc1ccc(I)cc1)c1ccc(Cl)c(Br)c1. The molecule has 1 N–H and O–H groups in total. The van der Waals surface area contributed by atoms with E-state index in [-0.39, 0.29) is 4.90 Å². The van der Waals surface area contributed by atoms with E-state index in [2.05, 4.69) is 43.2 Å². The van der Waals surface area contributed by atoms with Crippen molar-refractivity contribution < 1.29 is 8.42 Å². The van der Waals surface area contributed by atoms with E-state index in [1.165, 1.54) is 18.2 Å². The second-order valence-corrected chi connectivity index (χ2v) is 7.88. The molecular formula is C12H8BrClINO2S. The molecule has 0 aliphatic rings. The van der Waals surface area contributed by atoms with E-state index in [4.69, 9.17) is 11.6 Å². The van der Waals surface area contributed by atoms with E-state index in [1.807, 2.05) is 12.1 Å². The number of anilines is 1. The summed E-state index contributed by atoms with van der Waals surface area (Å²) in [5.41, 5.74) is 0.520. The molecule has 0 aliphatic carbocycles.